The number of nitrogens with one attached hydrogen (secondary N) is 2. The predicted molar refractivity (Wildman–Crippen MR) is 73.5 cm³/mol. The van der Waals surface area contributed by atoms with Gasteiger partial charge in [-0.05, 0) is 51.6 Å². The SMILES string of the molecule is COC(C)(C)CNC(=O)CC(C)C1CCCNC1. The van der Waals surface area contributed by atoms with Gasteiger partial charge in [0, 0.05) is 20.1 Å². The molecule has 0 bridgehead atoms. The van der Waals surface area contributed by atoms with Gasteiger partial charge in [-0.3, -0.25) is 4.79 Å². The van der Waals surface area contributed by atoms with Crippen molar-refractivity contribution in [2.75, 3.05) is 26.7 Å². The van der Waals surface area contributed by atoms with Gasteiger partial charge in [0.15, 0.2) is 0 Å². The Morgan fingerprint density at radius 1 is 1.56 bits per heavy atom. The van der Waals surface area contributed by atoms with Crippen molar-refractivity contribution in [1.82, 2.24) is 10.6 Å². The maximum atomic E-state index is 11.9. The first-order valence-electron chi connectivity index (χ1n) is 6.97. The van der Waals surface area contributed by atoms with Gasteiger partial charge in [0.25, 0.3) is 0 Å². The smallest absolute Gasteiger partial charge is 0.220 e. The molecule has 106 valence electrons. The standard InChI is InChI=1S/C14H28N2O2/c1-11(12-6-5-7-15-9-12)8-13(17)16-10-14(2,3)18-4/h11-12,15H,5-10H2,1-4H3,(H,16,17). The Hall–Kier alpha value is -0.610. The van der Waals surface area contributed by atoms with Gasteiger partial charge in [0.05, 0.1) is 5.60 Å². The van der Waals surface area contributed by atoms with Crippen molar-refractivity contribution in [3.05, 3.63) is 0 Å². The molecule has 1 aliphatic heterocycles. The first-order valence-corrected chi connectivity index (χ1v) is 6.97. The highest BCUT2D eigenvalue weighted by Crippen LogP contribution is 2.22. The highest BCUT2D eigenvalue weighted by Gasteiger charge is 2.23. The van der Waals surface area contributed by atoms with Crippen molar-refractivity contribution in [3.8, 4) is 0 Å². The van der Waals surface area contributed by atoms with E-state index in [0.717, 1.165) is 13.1 Å². The number of piperidine rings is 1. The van der Waals surface area contributed by atoms with Crippen LogP contribution in [0.3, 0.4) is 0 Å². The zero-order valence-electron chi connectivity index (χ0n) is 12.2. The van der Waals surface area contributed by atoms with E-state index in [1.54, 1.807) is 7.11 Å². The first kappa shape index (κ1) is 15.4. The monoisotopic (exact) mass is 256 g/mol. The minimum atomic E-state index is -0.286. The predicted octanol–water partition coefficient (Wildman–Crippen LogP) is 1.55. The molecule has 1 aliphatic rings. The number of amides is 1. The molecule has 18 heavy (non-hydrogen) atoms. The number of hydrogen-bond acceptors (Lipinski definition) is 3. The number of hydrogen-bond donors (Lipinski definition) is 2. The van der Waals surface area contributed by atoms with Crippen LogP contribution < -0.4 is 10.6 Å². The van der Waals surface area contributed by atoms with Crippen LogP contribution in [0.15, 0.2) is 0 Å². The average molecular weight is 256 g/mol. The van der Waals surface area contributed by atoms with Crippen LogP contribution in [0, 0.1) is 11.8 Å². The van der Waals surface area contributed by atoms with Crippen molar-refractivity contribution < 1.29 is 9.53 Å². The van der Waals surface area contributed by atoms with Crippen LogP contribution in [0.25, 0.3) is 0 Å². The lowest BCUT2D eigenvalue weighted by molar-refractivity contribution is -0.123. The largest absolute Gasteiger partial charge is 0.377 e. The van der Waals surface area contributed by atoms with Crippen LogP contribution in [-0.4, -0.2) is 38.3 Å². The molecule has 1 amide bonds. The molecule has 1 fully saturated rings. The Balaban J connectivity index is 2.26. The molecule has 4 heteroatoms. The third-order valence-electron chi connectivity index (χ3n) is 3.91. The van der Waals surface area contributed by atoms with E-state index in [-0.39, 0.29) is 11.5 Å². The molecule has 4 nitrogen and oxygen atoms in total. The van der Waals surface area contributed by atoms with Gasteiger partial charge in [0.2, 0.25) is 5.91 Å². The zero-order chi connectivity index (χ0) is 13.6. The Morgan fingerprint density at radius 2 is 2.28 bits per heavy atom. The van der Waals surface area contributed by atoms with E-state index in [9.17, 15) is 4.79 Å². The van der Waals surface area contributed by atoms with Crippen LogP contribution >= 0.6 is 0 Å². The highest BCUT2D eigenvalue weighted by atomic mass is 16.5. The quantitative estimate of drug-likeness (QED) is 0.758. The summed E-state index contributed by atoms with van der Waals surface area (Å²) in [5.41, 5.74) is -0.286. The maximum absolute atomic E-state index is 11.9. The summed E-state index contributed by atoms with van der Waals surface area (Å²) in [7, 11) is 1.67. The Bertz CT molecular complexity index is 261. The summed E-state index contributed by atoms with van der Waals surface area (Å²) in [6.07, 6.45) is 3.09. The maximum Gasteiger partial charge on any atom is 0.220 e. The first-order chi connectivity index (χ1) is 8.44. The van der Waals surface area contributed by atoms with Gasteiger partial charge >= 0.3 is 0 Å². The second kappa shape index (κ2) is 7.10. The second-order valence-electron chi connectivity index (χ2n) is 6.03. The second-order valence-corrected chi connectivity index (χ2v) is 6.03. The van der Waals surface area contributed by atoms with Crippen molar-refractivity contribution >= 4 is 5.91 Å². The van der Waals surface area contributed by atoms with E-state index >= 15 is 0 Å². The Kier molecular flexibility index (Phi) is 6.09. The van der Waals surface area contributed by atoms with Crippen molar-refractivity contribution in [2.24, 2.45) is 11.8 Å². The highest BCUT2D eigenvalue weighted by molar-refractivity contribution is 5.76. The molecule has 2 atom stereocenters. The molecule has 2 unspecified atom stereocenters. The topological polar surface area (TPSA) is 50.4 Å². The molecule has 1 heterocycles. The van der Waals surface area contributed by atoms with Gasteiger partial charge in [-0.15, -0.1) is 0 Å². The summed E-state index contributed by atoms with van der Waals surface area (Å²) in [4.78, 5) is 11.9. The number of ether oxygens (including phenoxy) is 1. The van der Waals surface area contributed by atoms with Crippen LogP contribution in [0.1, 0.15) is 40.0 Å². The van der Waals surface area contributed by atoms with Gasteiger partial charge in [-0.2, -0.15) is 0 Å². The fraction of sp³-hybridized carbons (Fsp3) is 0.929. The molecule has 0 aromatic carbocycles. The van der Waals surface area contributed by atoms with Gasteiger partial charge in [0.1, 0.15) is 0 Å². The summed E-state index contributed by atoms with van der Waals surface area (Å²) in [5.74, 6) is 1.22. The lowest BCUT2D eigenvalue weighted by atomic mass is 9.85. The number of carbonyl (C=O) groups is 1. The van der Waals surface area contributed by atoms with Gasteiger partial charge in [-0.1, -0.05) is 6.92 Å². The third-order valence-corrected chi connectivity index (χ3v) is 3.91. The van der Waals surface area contributed by atoms with Crippen LogP contribution in [0.4, 0.5) is 0 Å². The molecular weight excluding hydrogens is 228 g/mol. The lowest BCUT2D eigenvalue weighted by Crippen LogP contribution is -2.41. The summed E-state index contributed by atoms with van der Waals surface area (Å²) < 4.78 is 5.28. The van der Waals surface area contributed by atoms with Crippen molar-refractivity contribution in [3.63, 3.8) is 0 Å². The van der Waals surface area contributed by atoms with E-state index < -0.39 is 0 Å². The molecule has 0 aromatic heterocycles. The lowest BCUT2D eigenvalue weighted by Gasteiger charge is -2.28. The molecule has 1 saturated heterocycles. The van der Waals surface area contributed by atoms with Crippen LogP contribution in [-0.2, 0) is 9.53 Å². The van der Waals surface area contributed by atoms with Crippen molar-refractivity contribution in [1.29, 1.82) is 0 Å². The third kappa shape index (κ3) is 5.36. The molecule has 2 N–H and O–H groups in total. The summed E-state index contributed by atoms with van der Waals surface area (Å²) in [6, 6.07) is 0. The minimum Gasteiger partial charge on any atom is -0.377 e. The summed E-state index contributed by atoms with van der Waals surface area (Å²) in [5, 5.41) is 6.36. The molecular formula is C14H28N2O2. The normalized spacial score (nSPS) is 22.6. The van der Waals surface area contributed by atoms with Crippen LogP contribution in [0.5, 0.6) is 0 Å². The van der Waals surface area contributed by atoms with Crippen LogP contribution in [0.2, 0.25) is 0 Å². The fourth-order valence-corrected chi connectivity index (χ4v) is 2.28. The molecule has 0 radical (unpaired) electrons. The average Bonchev–Trinajstić information content (AvgIpc) is 2.37. The molecule has 0 aromatic rings. The fourth-order valence-electron chi connectivity index (χ4n) is 2.28. The zero-order valence-corrected chi connectivity index (χ0v) is 12.2. The van der Waals surface area contributed by atoms with Gasteiger partial charge in [-0.25, -0.2) is 0 Å². The number of rotatable bonds is 6. The Morgan fingerprint density at radius 3 is 2.83 bits per heavy atom. The van der Waals surface area contributed by atoms with E-state index in [1.807, 2.05) is 13.8 Å². The summed E-state index contributed by atoms with van der Waals surface area (Å²) >= 11 is 0. The molecule has 0 aliphatic carbocycles. The Labute approximate surface area is 111 Å². The molecule has 1 rings (SSSR count). The van der Waals surface area contributed by atoms with E-state index in [0.29, 0.717) is 24.8 Å². The van der Waals surface area contributed by atoms with E-state index in [2.05, 4.69) is 17.6 Å². The minimum absolute atomic E-state index is 0.137. The van der Waals surface area contributed by atoms with Crippen molar-refractivity contribution in [2.45, 2.75) is 45.6 Å². The molecule has 0 spiro atoms. The molecule has 0 saturated carbocycles. The van der Waals surface area contributed by atoms with E-state index in [1.165, 1.54) is 12.8 Å². The van der Waals surface area contributed by atoms with E-state index in [4.69, 9.17) is 4.74 Å². The number of methoxy groups -OCH3 is 1. The summed E-state index contributed by atoms with van der Waals surface area (Å²) in [6.45, 7) is 8.87. The number of carbonyl (C=O) groups excluding carboxylic acids is 1. The van der Waals surface area contributed by atoms with Gasteiger partial charge < -0.3 is 15.4 Å².